The van der Waals surface area contributed by atoms with Crippen molar-refractivity contribution in [2.75, 3.05) is 5.32 Å². The summed E-state index contributed by atoms with van der Waals surface area (Å²) < 4.78 is 39.8. The number of aromatic amines is 1. The highest BCUT2D eigenvalue weighted by molar-refractivity contribution is 6.03. The highest BCUT2D eigenvalue weighted by Gasteiger charge is 2.38. The topological polar surface area (TPSA) is 57.8 Å². The molecule has 0 unspecified atom stereocenters. The molecule has 2 aromatic carbocycles. The number of hydrogen-bond acceptors (Lipinski definition) is 2. The van der Waals surface area contributed by atoms with Crippen LogP contribution in [0, 0.1) is 0 Å². The van der Waals surface area contributed by atoms with Crippen LogP contribution in [-0.2, 0) is 11.0 Å². The van der Waals surface area contributed by atoms with Gasteiger partial charge in [0.15, 0.2) is 5.82 Å². The van der Waals surface area contributed by atoms with E-state index < -0.39 is 17.8 Å². The van der Waals surface area contributed by atoms with Crippen LogP contribution in [0.1, 0.15) is 11.3 Å². The number of carbonyl (C=O) groups excluding carboxylic acids is 1. The minimum atomic E-state index is -4.62. The van der Waals surface area contributed by atoms with Crippen molar-refractivity contribution in [1.82, 2.24) is 10.2 Å². The Bertz CT molecular complexity index is 916. The van der Waals surface area contributed by atoms with Gasteiger partial charge in [0, 0.05) is 6.08 Å². The molecule has 0 saturated heterocycles. The number of H-pyrrole nitrogens is 1. The maximum absolute atomic E-state index is 13.3. The van der Waals surface area contributed by atoms with Crippen molar-refractivity contribution in [2.24, 2.45) is 0 Å². The number of amides is 1. The molecule has 132 valence electrons. The lowest BCUT2D eigenvalue weighted by Crippen LogP contribution is -2.10. The van der Waals surface area contributed by atoms with E-state index in [2.05, 4.69) is 10.4 Å². The van der Waals surface area contributed by atoms with Crippen LogP contribution in [0.3, 0.4) is 0 Å². The highest BCUT2D eigenvalue weighted by Crippen LogP contribution is 2.39. The van der Waals surface area contributed by atoms with Crippen LogP contribution in [0.2, 0.25) is 0 Å². The predicted octanol–water partition coefficient (Wildman–Crippen LogP) is 4.75. The van der Waals surface area contributed by atoms with E-state index in [-0.39, 0.29) is 11.4 Å². The molecule has 0 fully saturated rings. The largest absolute Gasteiger partial charge is 0.433 e. The minimum Gasteiger partial charge on any atom is -0.305 e. The Morgan fingerprint density at radius 1 is 1.00 bits per heavy atom. The lowest BCUT2D eigenvalue weighted by Gasteiger charge is -2.09. The number of rotatable bonds is 4. The van der Waals surface area contributed by atoms with Gasteiger partial charge in [0.05, 0.1) is 5.56 Å². The van der Waals surface area contributed by atoms with Crippen LogP contribution in [0.15, 0.2) is 66.7 Å². The van der Waals surface area contributed by atoms with Crippen molar-refractivity contribution >= 4 is 17.8 Å². The number of nitrogens with one attached hydrogen (secondary N) is 2. The summed E-state index contributed by atoms with van der Waals surface area (Å²) in [6, 6.07) is 17.0. The first-order valence-electron chi connectivity index (χ1n) is 7.70. The lowest BCUT2D eigenvalue weighted by atomic mass is 10.1. The van der Waals surface area contributed by atoms with E-state index >= 15 is 0 Å². The van der Waals surface area contributed by atoms with Crippen LogP contribution >= 0.6 is 0 Å². The van der Waals surface area contributed by atoms with Crippen LogP contribution in [0.5, 0.6) is 0 Å². The number of halogens is 3. The van der Waals surface area contributed by atoms with E-state index in [0.717, 1.165) is 5.56 Å². The highest BCUT2D eigenvalue weighted by atomic mass is 19.4. The first-order chi connectivity index (χ1) is 12.4. The van der Waals surface area contributed by atoms with Gasteiger partial charge in [-0.05, 0) is 17.2 Å². The van der Waals surface area contributed by atoms with Crippen LogP contribution in [0.4, 0.5) is 19.0 Å². The van der Waals surface area contributed by atoms with Gasteiger partial charge < -0.3 is 5.32 Å². The maximum Gasteiger partial charge on any atom is 0.433 e. The molecule has 26 heavy (non-hydrogen) atoms. The fourth-order valence-corrected chi connectivity index (χ4v) is 2.42. The number of alkyl halides is 3. The Hall–Kier alpha value is -3.35. The van der Waals surface area contributed by atoms with Crippen molar-refractivity contribution in [2.45, 2.75) is 6.18 Å². The van der Waals surface area contributed by atoms with Gasteiger partial charge in [-0.1, -0.05) is 60.7 Å². The first-order valence-corrected chi connectivity index (χ1v) is 7.70. The molecule has 0 aliphatic rings. The van der Waals surface area contributed by atoms with E-state index in [1.165, 1.54) is 18.2 Å². The summed E-state index contributed by atoms with van der Waals surface area (Å²) in [7, 11) is 0. The van der Waals surface area contributed by atoms with Gasteiger partial charge in [-0.25, -0.2) is 0 Å². The van der Waals surface area contributed by atoms with Crippen LogP contribution < -0.4 is 5.32 Å². The van der Waals surface area contributed by atoms with E-state index in [4.69, 9.17) is 0 Å². The second-order valence-electron chi connectivity index (χ2n) is 5.42. The van der Waals surface area contributed by atoms with Gasteiger partial charge in [0.2, 0.25) is 5.91 Å². The summed E-state index contributed by atoms with van der Waals surface area (Å²) in [6.45, 7) is 0. The molecular formula is C19H14F3N3O. The molecule has 3 rings (SSSR count). The normalized spacial score (nSPS) is 11.7. The molecule has 0 aliphatic heterocycles. The van der Waals surface area contributed by atoms with Crippen LogP contribution in [-0.4, -0.2) is 16.1 Å². The molecular weight excluding hydrogens is 343 g/mol. The van der Waals surface area contributed by atoms with Crippen LogP contribution in [0.25, 0.3) is 17.2 Å². The third kappa shape index (κ3) is 4.00. The number of nitrogens with zero attached hydrogens (tertiary/aromatic N) is 1. The molecule has 0 spiro atoms. The summed E-state index contributed by atoms with van der Waals surface area (Å²) in [5.41, 5.74) is -0.106. The third-order valence-corrected chi connectivity index (χ3v) is 3.58. The summed E-state index contributed by atoms with van der Waals surface area (Å²) in [5.74, 6) is -0.752. The number of carbonyl (C=O) groups is 1. The number of hydrogen-bond donors (Lipinski definition) is 2. The molecule has 1 amide bonds. The van der Waals surface area contributed by atoms with Gasteiger partial charge in [-0.3, -0.25) is 9.89 Å². The van der Waals surface area contributed by atoms with E-state index in [0.29, 0.717) is 5.56 Å². The van der Waals surface area contributed by atoms with Gasteiger partial charge in [0.25, 0.3) is 0 Å². The number of aromatic nitrogens is 2. The Morgan fingerprint density at radius 2 is 1.62 bits per heavy atom. The molecule has 4 nitrogen and oxygen atoms in total. The van der Waals surface area contributed by atoms with E-state index in [9.17, 15) is 18.0 Å². The van der Waals surface area contributed by atoms with Crippen molar-refractivity contribution in [3.8, 4) is 11.1 Å². The summed E-state index contributed by atoms with van der Waals surface area (Å²) >= 11 is 0. The number of benzene rings is 2. The maximum atomic E-state index is 13.3. The second kappa shape index (κ2) is 7.26. The smallest absolute Gasteiger partial charge is 0.305 e. The molecule has 0 saturated carbocycles. The van der Waals surface area contributed by atoms with Crippen molar-refractivity contribution < 1.29 is 18.0 Å². The van der Waals surface area contributed by atoms with Crippen molar-refractivity contribution in [1.29, 1.82) is 0 Å². The zero-order valence-corrected chi connectivity index (χ0v) is 13.4. The zero-order valence-electron chi connectivity index (χ0n) is 13.4. The van der Waals surface area contributed by atoms with E-state index in [1.807, 2.05) is 23.3 Å². The molecule has 3 aromatic rings. The number of anilines is 1. The van der Waals surface area contributed by atoms with Gasteiger partial charge in [-0.2, -0.15) is 18.3 Å². The Labute approximate surface area is 147 Å². The molecule has 1 aromatic heterocycles. The fraction of sp³-hybridized carbons (Fsp3) is 0.0526. The van der Waals surface area contributed by atoms with Crippen molar-refractivity contribution in [3.63, 3.8) is 0 Å². The van der Waals surface area contributed by atoms with Crippen molar-refractivity contribution in [3.05, 3.63) is 78.0 Å². The average Bonchev–Trinajstić information content (AvgIpc) is 3.05. The molecule has 0 radical (unpaired) electrons. The first kappa shape index (κ1) is 17.5. The fourth-order valence-electron chi connectivity index (χ4n) is 2.42. The monoisotopic (exact) mass is 357 g/mol. The lowest BCUT2D eigenvalue weighted by molar-refractivity contribution is -0.140. The molecule has 0 aliphatic carbocycles. The Balaban J connectivity index is 1.89. The Kier molecular flexibility index (Phi) is 4.88. The zero-order chi connectivity index (χ0) is 18.6. The summed E-state index contributed by atoms with van der Waals surface area (Å²) in [5, 5.41) is 8.02. The summed E-state index contributed by atoms with van der Waals surface area (Å²) in [4.78, 5) is 12.1. The molecule has 0 atom stereocenters. The molecule has 7 heteroatoms. The second-order valence-corrected chi connectivity index (χ2v) is 5.42. The summed E-state index contributed by atoms with van der Waals surface area (Å²) in [6.07, 6.45) is -1.82. The average molecular weight is 357 g/mol. The molecule has 2 N–H and O–H groups in total. The van der Waals surface area contributed by atoms with Gasteiger partial charge >= 0.3 is 6.18 Å². The van der Waals surface area contributed by atoms with Gasteiger partial charge in [0.1, 0.15) is 5.69 Å². The minimum absolute atomic E-state index is 0.175. The van der Waals surface area contributed by atoms with Gasteiger partial charge in [-0.15, -0.1) is 0 Å². The third-order valence-electron chi connectivity index (χ3n) is 3.58. The SMILES string of the molecule is O=C(/C=C/c1ccccc1)Nc1n[nH]c(C(F)(F)F)c1-c1ccccc1. The van der Waals surface area contributed by atoms with E-state index in [1.54, 1.807) is 36.4 Å². The standard InChI is InChI=1S/C19H14F3N3O/c20-19(21,22)17-16(14-9-5-2-6-10-14)18(25-24-17)23-15(26)12-11-13-7-3-1-4-8-13/h1-12H,(H2,23,24,25,26)/b12-11+. The molecule has 0 bridgehead atoms. The Morgan fingerprint density at radius 3 is 2.23 bits per heavy atom. The predicted molar refractivity (Wildman–Crippen MR) is 93.1 cm³/mol. The molecule has 1 heterocycles. The quantitative estimate of drug-likeness (QED) is 0.662.